The molecular weight excluding hydrogens is 292 g/mol. The van der Waals surface area contributed by atoms with Gasteiger partial charge in [-0.3, -0.25) is 0 Å². The number of allylic oxidation sites excluding steroid dienone is 1. The van der Waals surface area contributed by atoms with Gasteiger partial charge in [0.25, 0.3) is 0 Å². The van der Waals surface area contributed by atoms with E-state index in [4.69, 9.17) is 4.42 Å². The van der Waals surface area contributed by atoms with Gasteiger partial charge >= 0.3 is 0 Å². The first kappa shape index (κ1) is 15.0. The van der Waals surface area contributed by atoms with Crippen LogP contribution in [0.1, 0.15) is 40.7 Å². The third kappa shape index (κ3) is 2.41. The van der Waals surface area contributed by atoms with E-state index in [2.05, 4.69) is 68.5 Å². The Morgan fingerprint density at radius 1 is 1.00 bits per heavy atom. The van der Waals surface area contributed by atoms with Gasteiger partial charge in [0.1, 0.15) is 11.5 Å². The van der Waals surface area contributed by atoms with Gasteiger partial charge in [0.05, 0.1) is 0 Å². The number of furan rings is 1. The van der Waals surface area contributed by atoms with Gasteiger partial charge in [0, 0.05) is 6.42 Å². The molecule has 0 radical (unpaired) electrons. The first-order valence-electron chi connectivity index (χ1n) is 8.65. The quantitative estimate of drug-likeness (QED) is 0.559. The SMILES string of the molecule is CCc1ccc2c(c1-c1ccccc1)C=C(c1cc(C)c(C)o1)C2. The van der Waals surface area contributed by atoms with Crippen molar-refractivity contribution in [3.8, 4) is 11.1 Å². The molecule has 0 aliphatic heterocycles. The van der Waals surface area contributed by atoms with Crippen LogP contribution in [0.3, 0.4) is 0 Å². The summed E-state index contributed by atoms with van der Waals surface area (Å²) in [7, 11) is 0. The largest absolute Gasteiger partial charge is 0.461 e. The monoisotopic (exact) mass is 314 g/mol. The molecule has 0 bridgehead atoms. The first-order chi connectivity index (χ1) is 11.7. The molecule has 3 aromatic rings. The van der Waals surface area contributed by atoms with Crippen molar-refractivity contribution >= 4 is 11.6 Å². The fourth-order valence-electron chi connectivity index (χ4n) is 3.59. The van der Waals surface area contributed by atoms with E-state index in [0.29, 0.717) is 0 Å². The van der Waals surface area contributed by atoms with Crippen molar-refractivity contribution in [3.05, 3.63) is 82.3 Å². The van der Waals surface area contributed by atoms with Crippen LogP contribution in [0.15, 0.2) is 52.9 Å². The molecule has 0 saturated heterocycles. The van der Waals surface area contributed by atoms with Crippen LogP contribution in [0, 0.1) is 13.8 Å². The third-order valence-electron chi connectivity index (χ3n) is 5.05. The van der Waals surface area contributed by atoms with E-state index in [0.717, 1.165) is 24.4 Å². The zero-order valence-corrected chi connectivity index (χ0v) is 14.5. The zero-order valence-electron chi connectivity index (χ0n) is 14.5. The third-order valence-corrected chi connectivity index (χ3v) is 5.05. The highest BCUT2D eigenvalue weighted by atomic mass is 16.3. The zero-order chi connectivity index (χ0) is 16.7. The Balaban J connectivity index is 1.87. The summed E-state index contributed by atoms with van der Waals surface area (Å²) in [6, 6.07) is 17.5. The maximum atomic E-state index is 5.96. The van der Waals surface area contributed by atoms with E-state index in [1.54, 1.807) is 0 Å². The normalized spacial score (nSPS) is 13.0. The van der Waals surface area contributed by atoms with Gasteiger partial charge in [-0.05, 0) is 71.4 Å². The predicted molar refractivity (Wildman–Crippen MR) is 101 cm³/mol. The Hall–Kier alpha value is -2.54. The van der Waals surface area contributed by atoms with Crippen molar-refractivity contribution in [3.63, 3.8) is 0 Å². The van der Waals surface area contributed by atoms with Crippen LogP contribution in [0.4, 0.5) is 0 Å². The van der Waals surface area contributed by atoms with E-state index in [-0.39, 0.29) is 0 Å². The Bertz CT molecular complexity index is 907. The summed E-state index contributed by atoms with van der Waals surface area (Å²) in [5.41, 5.74) is 9.35. The highest BCUT2D eigenvalue weighted by Crippen LogP contribution is 2.40. The number of rotatable bonds is 3. The summed E-state index contributed by atoms with van der Waals surface area (Å²) >= 11 is 0. The van der Waals surface area contributed by atoms with E-state index in [1.807, 2.05) is 6.92 Å². The average Bonchev–Trinajstić information content (AvgIpc) is 3.18. The van der Waals surface area contributed by atoms with Crippen LogP contribution in [0.25, 0.3) is 22.8 Å². The Labute approximate surface area is 143 Å². The van der Waals surface area contributed by atoms with Gasteiger partial charge in [-0.25, -0.2) is 0 Å². The number of aryl methyl sites for hydroxylation is 3. The summed E-state index contributed by atoms with van der Waals surface area (Å²) in [5, 5.41) is 0. The second-order valence-electron chi connectivity index (χ2n) is 6.59. The van der Waals surface area contributed by atoms with Crippen molar-refractivity contribution in [1.29, 1.82) is 0 Å². The standard InChI is InChI=1S/C23H22O/c1-4-17-10-11-19-13-20(22-12-15(2)16(3)24-22)14-21(19)23(17)18-8-6-5-7-9-18/h5-12,14H,4,13H2,1-3H3. The average molecular weight is 314 g/mol. The minimum absolute atomic E-state index is 0.950. The Morgan fingerprint density at radius 2 is 1.79 bits per heavy atom. The lowest BCUT2D eigenvalue weighted by Gasteiger charge is -2.13. The van der Waals surface area contributed by atoms with Crippen LogP contribution in [0.5, 0.6) is 0 Å². The number of hydrogen-bond acceptors (Lipinski definition) is 1. The fourth-order valence-corrected chi connectivity index (χ4v) is 3.59. The van der Waals surface area contributed by atoms with Gasteiger partial charge in [-0.2, -0.15) is 0 Å². The lowest BCUT2D eigenvalue weighted by molar-refractivity contribution is 0.518. The molecule has 1 nitrogen and oxygen atoms in total. The number of fused-ring (bicyclic) bond motifs is 1. The lowest BCUT2D eigenvalue weighted by Crippen LogP contribution is -1.94. The van der Waals surface area contributed by atoms with E-state index in [9.17, 15) is 0 Å². The van der Waals surface area contributed by atoms with E-state index in [1.165, 1.54) is 39.0 Å². The second kappa shape index (κ2) is 5.83. The predicted octanol–water partition coefficient (Wildman–Crippen LogP) is 6.22. The maximum absolute atomic E-state index is 5.96. The summed E-state index contributed by atoms with van der Waals surface area (Å²) in [5.74, 6) is 2.03. The Kier molecular flexibility index (Phi) is 3.65. The topological polar surface area (TPSA) is 13.1 Å². The Morgan fingerprint density at radius 3 is 2.46 bits per heavy atom. The molecular formula is C23H22O. The molecule has 4 rings (SSSR count). The van der Waals surface area contributed by atoms with Crippen molar-refractivity contribution in [2.24, 2.45) is 0 Å². The van der Waals surface area contributed by atoms with Crippen LogP contribution >= 0.6 is 0 Å². The summed E-state index contributed by atoms with van der Waals surface area (Å²) < 4.78 is 5.96. The molecule has 0 N–H and O–H groups in total. The smallest absolute Gasteiger partial charge is 0.130 e. The summed E-state index contributed by atoms with van der Waals surface area (Å²) in [4.78, 5) is 0. The van der Waals surface area contributed by atoms with Gasteiger partial charge in [0.15, 0.2) is 0 Å². The molecule has 0 saturated carbocycles. The molecule has 0 fully saturated rings. The van der Waals surface area contributed by atoms with Gasteiger partial charge in [0.2, 0.25) is 0 Å². The second-order valence-corrected chi connectivity index (χ2v) is 6.59. The van der Waals surface area contributed by atoms with Gasteiger partial charge in [-0.15, -0.1) is 0 Å². The molecule has 1 aliphatic rings. The molecule has 1 aromatic heterocycles. The van der Waals surface area contributed by atoms with Crippen molar-refractivity contribution < 1.29 is 4.42 Å². The van der Waals surface area contributed by atoms with Gasteiger partial charge in [-0.1, -0.05) is 49.4 Å². The van der Waals surface area contributed by atoms with Crippen LogP contribution in [-0.4, -0.2) is 0 Å². The van der Waals surface area contributed by atoms with E-state index < -0.39 is 0 Å². The summed E-state index contributed by atoms with van der Waals surface area (Å²) in [6.07, 6.45) is 4.32. The molecule has 120 valence electrons. The minimum Gasteiger partial charge on any atom is -0.461 e. The van der Waals surface area contributed by atoms with E-state index >= 15 is 0 Å². The van der Waals surface area contributed by atoms with Crippen LogP contribution in [-0.2, 0) is 12.8 Å². The highest BCUT2D eigenvalue weighted by Gasteiger charge is 2.21. The summed E-state index contributed by atoms with van der Waals surface area (Å²) in [6.45, 7) is 6.37. The molecule has 0 unspecified atom stereocenters. The van der Waals surface area contributed by atoms with Crippen molar-refractivity contribution in [2.45, 2.75) is 33.6 Å². The van der Waals surface area contributed by atoms with Gasteiger partial charge < -0.3 is 4.42 Å². The molecule has 0 amide bonds. The molecule has 0 spiro atoms. The van der Waals surface area contributed by atoms with Crippen molar-refractivity contribution in [1.82, 2.24) is 0 Å². The molecule has 1 heterocycles. The van der Waals surface area contributed by atoms with Crippen LogP contribution in [0.2, 0.25) is 0 Å². The van der Waals surface area contributed by atoms with Crippen LogP contribution < -0.4 is 0 Å². The fraction of sp³-hybridized carbons (Fsp3) is 0.217. The molecule has 1 aliphatic carbocycles. The lowest BCUT2D eigenvalue weighted by atomic mass is 9.91. The minimum atomic E-state index is 0.950. The van der Waals surface area contributed by atoms with Crippen molar-refractivity contribution in [2.75, 3.05) is 0 Å². The highest BCUT2D eigenvalue weighted by molar-refractivity contribution is 5.94. The molecule has 2 aromatic carbocycles. The first-order valence-corrected chi connectivity index (χ1v) is 8.65. The number of benzene rings is 2. The molecule has 24 heavy (non-hydrogen) atoms. The molecule has 0 atom stereocenters. The maximum Gasteiger partial charge on any atom is 0.130 e. The molecule has 1 heteroatoms. The number of hydrogen-bond donors (Lipinski definition) is 0.